The zero-order chi connectivity index (χ0) is 17.3. The van der Waals surface area contributed by atoms with Gasteiger partial charge >= 0.3 is 0 Å². The number of benzene rings is 1. The Hall–Kier alpha value is -2.73. The largest absolute Gasteiger partial charge is 0.383 e. The molecule has 24 heavy (non-hydrogen) atoms. The normalized spacial score (nSPS) is 11.4. The molecule has 2 N–H and O–H groups in total. The molecule has 0 aliphatic carbocycles. The van der Waals surface area contributed by atoms with E-state index in [9.17, 15) is 8.42 Å². The number of aryl methyl sites for hydroxylation is 1. The molecular weight excluding hydrogens is 322 g/mol. The Morgan fingerprint density at radius 1 is 0.917 bits per heavy atom. The number of aromatic nitrogens is 2. The number of rotatable bonds is 3. The summed E-state index contributed by atoms with van der Waals surface area (Å²) in [6, 6.07) is 12.5. The first-order valence-corrected chi connectivity index (χ1v) is 9.23. The van der Waals surface area contributed by atoms with E-state index in [0.717, 1.165) is 27.9 Å². The first-order valence-electron chi connectivity index (χ1n) is 7.33. The summed E-state index contributed by atoms with van der Waals surface area (Å²) >= 11 is 0. The van der Waals surface area contributed by atoms with Crippen molar-refractivity contribution >= 4 is 15.7 Å². The standard InChI is InChI=1S/C18H17N3O2S/c1-12-6-7-14(10-20-12)17-9-15(11-21-18(17)19)13-4-3-5-16(8-13)24(2,22)23/h3-11H,1-2H3,(H2,19,21). The van der Waals surface area contributed by atoms with Crippen LogP contribution in [0.5, 0.6) is 0 Å². The van der Waals surface area contributed by atoms with Crippen LogP contribution in [0.25, 0.3) is 22.3 Å². The summed E-state index contributed by atoms with van der Waals surface area (Å²) in [7, 11) is -3.26. The van der Waals surface area contributed by atoms with Crippen molar-refractivity contribution in [3.05, 3.63) is 60.6 Å². The summed E-state index contributed by atoms with van der Waals surface area (Å²) in [6.45, 7) is 1.92. The minimum absolute atomic E-state index is 0.273. The molecule has 0 atom stereocenters. The van der Waals surface area contributed by atoms with Crippen LogP contribution in [0.4, 0.5) is 5.82 Å². The summed E-state index contributed by atoms with van der Waals surface area (Å²) in [6.07, 6.45) is 4.58. The van der Waals surface area contributed by atoms with Crippen LogP contribution in [0, 0.1) is 6.92 Å². The fourth-order valence-electron chi connectivity index (χ4n) is 2.40. The number of hydrogen-bond donors (Lipinski definition) is 1. The lowest BCUT2D eigenvalue weighted by atomic mass is 10.0. The van der Waals surface area contributed by atoms with Crippen LogP contribution in [0.15, 0.2) is 59.8 Å². The zero-order valence-corrected chi connectivity index (χ0v) is 14.2. The molecule has 6 heteroatoms. The van der Waals surface area contributed by atoms with Gasteiger partial charge in [0.25, 0.3) is 0 Å². The van der Waals surface area contributed by atoms with Gasteiger partial charge in [-0.2, -0.15) is 0 Å². The minimum atomic E-state index is -3.26. The highest BCUT2D eigenvalue weighted by atomic mass is 32.2. The average Bonchev–Trinajstić information content (AvgIpc) is 2.56. The number of nitrogen functional groups attached to an aromatic ring is 1. The van der Waals surface area contributed by atoms with Gasteiger partial charge in [0.15, 0.2) is 9.84 Å². The van der Waals surface area contributed by atoms with Crippen LogP contribution in [0.2, 0.25) is 0 Å². The van der Waals surface area contributed by atoms with Gasteiger partial charge in [-0.05, 0) is 36.8 Å². The zero-order valence-electron chi connectivity index (χ0n) is 13.4. The lowest BCUT2D eigenvalue weighted by molar-refractivity contribution is 0.602. The maximum Gasteiger partial charge on any atom is 0.175 e. The number of nitrogens with zero attached hydrogens (tertiary/aromatic N) is 2. The summed E-state index contributed by atoms with van der Waals surface area (Å²) in [5.41, 5.74) is 10.1. The molecule has 0 bridgehead atoms. The van der Waals surface area contributed by atoms with Gasteiger partial charge in [-0.15, -0.1) is 0 Å². The van der Waals surface area contributed by atoms with Crippen molar-refractivity contribution in [3.8, 4) is 22.3 Å². The van der Waals surface area contributed by atoms with Crippen LogP contribution >= 0.6 is 0 Å². The van der Waals surface area contributed by atoms with Crippen molar-refractivity contribution in [1.82, 2.24) is 9.97 Å². The second-order valence-corrected chi connectivity index (χ2v) is 7.66. The van der Waals surface area contributed by atoms with Gasteiger partial charge in [0.1, 0.15) is 5.82 Å². The van der Waals surface area contributed by atoms with Crippen molar-refractivity contribution in [3.63, 3.8) is 0 Å². The fourth-order valence-corrected chi connectivity index (χ4v) is 3.06. The summed E-state index contributed by atoms with van der Waals surface area (Å²) < 4.78 is 23.5. The molecule has 0 saturated carbocycles. The highest BCUT2D eigenvalue weighted by Gasteiger charge is 2.11. The van der Waals surface area contributed by atoms with E-state index in [1.54, 1.807) is 30.6 Å². The van der Waals surface area contributed by atoms with Crippen LogP contribution in [-0.4, -0.2) is 24.6 Å². The van der Waals surface area contributed by atoms with E-state index < -0.39 is 9.84 Å². The third-order valence-electron chi connectivity index (χ3n) is 3.74. The molecule has 0 aliphatic rings. The van der Waals surface area contributed by atoms with E-state index in [0.29, 0.717) is 5.82 Å². The van der Waals surface area contributed by atoms with Crippen molar-refractivity contribution in [1.29, 1.82) is 0 Å². The van der Waals surface area contributed by atoms with Crippen molar-refractivity contribution < 1.29 is 8.42 Å². The molecule has 0 spiro atoms. The predicted octanol–water partition coefficient (Wildman–Crippen LogP) is 3.10. The Bertz CT molecular complexity index is 997. The van der Waals surface area contributed by atoms with E-state index in [1.165, 1.54) is 6.26 Å². The first kappa shape index (κ1) is 16.1. The Morgan fingerprint density at radius 2 is 1.67 bits per heavy atom. The fraction of sp³-hybridized carbons (Fsp3) is 0.111. The predicted molar refractivity (Wildman–Crippen MR) is 95.2 cm³/mol. The molecule has 5 nitrogen and oxygen atoms in total. The molecule has 0 radical (unpaired) electrons. The quantitative estimate of drug-likeness (QED) is 0.792. The summed E-state index contributed by atoms with van der Waals surface area (Å²) in [5, 5.41) is 0. The van der Waals surface area contributed by atoms with Gasteiger partial charge in [-0.3, -0.25) is 4.98 Å². The van der Waals surface area contributed by atoms with Gasteiger partial charge in [-0.25, -0.2) is 13.4 Å². The van der Waals surface area contributed by atoms with Gasteiger partial charge in [0, 0.05) is 41.0 Å². The van der Waals surface area contributed by atoms with Crippen LogP contribution in [-0.2, 0) is 9.84 Å². The first-order chi connectivity index (χ1) is 11.3. The molecular formula is C18H17N3O2S. The Kier molecular flexibility index (Phi) is 4.07. The molecule has 122 valence electrons. The molecule has 2 heterocycles. The minimum Gasteiger partial charge on any atom is -0.383 e. The Balaban J connectivity index is 2.11. The third-order valence-corrected chi connectivity index (χ3v) is 4.85. The van der Waals surface area contributed by atoms with Gasteiger partial charge in [0.05, 0.1) is 4.90 Å². The molecule has 3 rings (SSSR count). The lowest BCUT2D eigenvalue weighted by Gasteiger charge is -2.09. The molecule has 1 aromatic carbocycles. The highest BCUT2D eigenvalue weighted by Crippen LogP contribution is 2.30. The maximum absolute atomic E-state index is 11.7. The van der Waals surface area contributed by atoms with Gasteiger partial charge < -0.3 is 5.73 Å². The second kappa shape index (κ2) is 6.05. The molecule has 2 aromatic heterocycles. The van der Waals surface area contributed by atoms with Crippen molar-refractivity contribution in [2.45, 2.75) is 11.8 Å². The topological polar surface area (TPSA) is 85.9 Å². The van der Waals surface area contributed by atoms with E-state index in [2.05, 4.69) is 9.97 Å². The number of anilines is 1. The Morgan fingerprint density at radius 3 is 2.33 bits per heavy atom. The third kappa shape index (κ3) is 3.28. The highest BCUT2D eigenvalue weighted by molar-refractivity contribution is 7.90. The SMILES string of the molecule is Cc1ccc(-c2cc(-c3cccc(S(C)(=O)=O)c3)cnc2N)cn1. The molecule has 0 saturated heterocycles. The van der Waals surface area contributed by atoms with E-state index in [1.807, 2.05) is 31.2 Å². The smallest absolute Gasteiger partial charge is 0.175 e. The number of pyridine rings is 2. The van der Waals surface area contributed by atoms with Crippen molar-refractivity contribution in [2.24, 2.45) is 0 Å². The van der Waals surface area contributed by atoms with Crippen LogP contribution in [0.1, 0.15) is 5.69 Å². The van der Waals surface area contributed by atoms with E-state index in [4.69, 9.17) is 5.73 Å². The second-order valence-electron chi connectivity index (χ2n) is 5.65. The Labute approximate surface area is 141 Å². The summed E-state index contributed by atoms with van der Waals surface area (Å²) in [4.78, 5) is 8.80. The van der Waals surface area contributed by atoms with Gasteiger partial charge in [-0.1, -0.05) is 18.2 Å². The lowest BCUT2D eigenvalue weighted by Crippen LogP contribution is -1.98. The molecule has 3 aromatic rings. The molecule has 0 amide bonds. The van der Waals surface area contributed by atoms with Crippen molar-refractivity contribution in [2.75, 3.05) is 12.0 Å². The van der Waals surface area contributed by atoms with Crippen LogP contribution < -0.4 is 5.73 Å². The number of hydrogen-bond acceptors (Lipinski definition) is 5. The maximum atomic E-state index is 11.7. The number of sulfone groups is 1. The summed E-state index contributed by atoms with van der Waals surface area (Å²) in [5.74, 6) is 0.406. The number of nitrogens with two attached hydrogens (primary N) is 1. The van der Waals surface area contributed by atoms with Gasteiger partial charge in [0.2, 0.25) is 0 Å². The molecule has 0 fully saturated rings. The van der Waals surface area contributed by atoms with E-state index >= 15 is 0 Å². The van der Waals surface area contributed by atoms with E-state index in [-0.39, 0.29) is 4.90 Å². The monoisotopic (exact) mass is 339 g/mol. The molecule has 0 aliphatic heterocycles. The molecule has 0 unspecified atom stereocenters. The van der Waals surface area contributed by atoms with Crippen LogP contribution in [0.3, 0.4) is 0 Å². The average molecular weight is 339 g/mol.